The third kappa shape index (κ3) is 15.4. The fraction of sp³-hybridized carbons (Fsp3) is 0.288. The normalized spacial score (nSPS) is 13.5. The number of nitrogen functional groups attached to an aromatic ring is 2. The number of hydrogen-bond donors (Lipinski definition) is 3. The number of carboxylic acid groups (broad SMARTS) is 1. The van der Waals surface area contributed by atoms with Gasteiger partial charge in [-0.3, -0.25) is 9.69 Å². The number of carboxylic acids is 1. The second-order valence-corrected chi connectivity index (χ2v) is 19.6. The summed E-state index contributed by atoms with van der Waals surface area (Å²) in [4.78, 5) is 40.2. The summed E-state index contributed by atoms with van der Waals surface area (Å²) in [5.41, 5.74) is 19.0. The third-order valence-corrected chi connectivity index (χ3v) is 13.0. The van der Waals surface area contributed by atoms with Gasteiger partial charge in [-0.25, -0.2) is 43.4 Å². The monoisotopic (exact) mass is 1130 g/mol. The maximum Gasteiger partial charge on any atom is 0.317 e. The summed E-state index contributed by atoms with van der Waals surface area (Å²) in [5, 5.41) is 17.6. The van der Waals surface area contributed by atoms with Crippen molar-refractivity contribution in [3.05, 3.63) is 173 Å². The van der Waals surface area contributed by atoms with E-state index in [1.54, 1.807) is 116 Å². The van der Waals surface area contributed by atoms with Crippen molar-refractivity contribution < 1.29 is 47.1 Å². The SMILES string of the molecule is CN(C)CC(=O)O.Cc1ncc(COc2cc(F)cc(Oc3ccc(-n4nc(C5CCOCC5)c5ncnc(N)c54)cc3)c2)cn1.[C-]#[N+]c1c(N)c(C2CCOCC2)nn1-c1ccc(Oc2cc(F)cc(OCc3cnc(C)nc3)c2)cc1. The molecule has 2 saturated heterocycles. The van der Waals surface area contributed by atoms with Crippen LogP contribution in [0.15, 0.2) is 116 Å². The minimum absolute atomic E-state index is 0.111. The van der Waals surface area contributed by atoms with Crippen LogP contribution in [0.3, 0.4) is 0 Å². The number of hydrogen-bond acceptors (Lipinski definition) is 18. The van der Waals surface area contributed by atoms with E-state index in [1.165, 1.54) is 30.6 Å². The van der Waals surface area contributed by atoms with Gasteiger partial charge in [-0.2, -0.15) is 9.78 Å². The van der Waals surface area contributed by atoms with Crippen LogP contribution < -0.4 is 30.4 Å². The molecular weight excluding hydrogens is 1070 g/mol. The number of fused-ring (bicyclic) bond motifs is 1. The van der Waals surface area contributed by atoms with Crippen LogP contribution in [0.5, 0.6) is 34.5 Å². The summed E-state index contributed by atoms with van der Waals surface area (Å²) < 4.78 is 66.0. The van der Waals surface area contributed by atoms with Gasteiger partial charge in [0.25, 0.3) is 5.82 Å². The molecular formula is C59H60F2N14O8. The number of aromatic nitrogens is 10. The summed E-state index contributed by atoms with van der Waals surface area (Å²) in [6.45, 7) is 14.4. The Kier molecular flexibility index (Phi) is 19.0. The highest BCUT2D eigenvalue weighted by atomic mass is 19.1. The highest BCUT2D eigenvalue weighted by Gasteiger charge is 2.28. The minimum atomic E-state index is -0.787. The zero-order valence-electron chi connectivity index (χ0n) is 46.0. The van der Waals surface area contributed by atoms with E-state index in [-0.39, 0.29) is 43.2 Å². The smallest absolute Gasteiger partial charge is 0.317 e. The maximum atomic E-state index is 14.3. The van der Waals surface area contributed by atoms with E-state index in [0.717, 1.165) is 59.4 Å². The Hall–Kier alpha value is -9.70. The molecule has 83 heavy (non-hydrogen) atoms. The zero-order chi connectivity index (χ0) is 58.4. The number of rotatable bonds is 16. The van der Waals surface area contributed by atoms with E-state index in [4.69, 9.17) is 56.7 Å². The van der Waals surface area contributed by atoms with Gasteiger partial charge in [-0.15, -0.1) is 0 Å². The van der Waals surface area contributed by atoms with Crippen LogP contribution in [-0.2, 0) is 27.5 Å². The van der Waals surface area contributed by atoms with Crippen molar-refractivity contribution in [2.75, 3.05) is 58.5 Å². The van der Waals surface area contributed by atoms with E-state index >= 15 is 0 Å². The van der Waals surface area contributed by atoms with E-state index in [1.807, 2.05) is 12.1 Å². The number of nitrogens with zero attached hydrogens (tertiary/aromatic N) is 12. The van der Waals surface area contributed by atoms with Gasteiger partial charge in [0.1, 0.15) is 94.0 Å². The average Bonchev–Trinajstić information content (AvgIpc) is 3.02. The molecule has 0 spiro atoms. The highest BCUT2D eigenvalue weighted by molar-refractivity contribution is 5.88. The van der Waals surface area contributed by atoms with Crippen molar-refractivity contribution >= 4 is 34.3 Å². The fourth-order valence-electron chi connectivity index (χ4n) is 8.96. The summed E-state index contributed by atoms with van der Waals surface area (Å²) in [6.07, 6.45) is 11.6. The van der Waals surface area contributed by atoms with Crippen molar-refractivity contribution in [3.63, 3.8) is 0 Å². The predicted octanol–water partition coefficient (Wildman–Crippen LogP) is 10.0. The Labute approximate surface area is 476 Å². The highest BCUT2D eigenvalue weighted by Crippen LogP contribution is 2.39. The molecule has 0 bridgehead atoms. The molecule has 0 atom stereocenters. The molecule has 4 aromatic carbocycles. The molecule has 24 heteroatoms. The van der Waals surface area contributed by atoms with Crippen LogP contribution in [0.1, 0.15) is 71.7 Å². The second kappa shape index (κ2) is 27.2. The number of aliphatic carboxylic acids is 1. The summed E-state index contributed by atoms with van der Waals surface area (Å²) in [6, 6.07) is 22.7. The zero-order valence-corrected chi connectivity index (χ0v) is 46.0. The van der Waals surface area contributed by atoms with E-state index in [2.05, 4.69) is 39.8 Å². The number of likely N-dealkylation sites (N-methyl/N-ethyl adjacent to an activating group) is 1. The van der Waals surface area contributed by atoms with Crippen LogP contribution in [0.4, 0.5) is 26.1 Å². The number of anilines is 2. The molecule has 9 aromatic rings. The molecule has 11 rings (SSSR count). The van der Waals surface area contributed by atoms with Crippen LogP contribution in [-0.4, -0.2) is 113 Å². The molecule has 0 aliphatic carbocycles. The Balaban J connectivity index is 0.000000179. The van der Waals surface area contributed by atoms with Crippen molar-refractivity contribution in [2.24, 2.45) is 0 Å². The van der Waals surface area contributed by atoms with Crippen LogP contribution in [0.2, 0.25) is 0 Å². The first-order chi connectivity index (χ1) is 40.2. The van der Waals surface area contributed by atoms with E-state index < -0.39 is 17.6 Å². The maximum absolute atomic E-state index is 14.3. The Morgan fingerprint density at radius 2 is 1.10 bits per heavy atom. The van der Waals surface area contributed by atoms with Crippen molar-refractivity contribution in [1.29, 1.82) is 0 Å². The molecule has 5 aromatic heterocycles. The second-order valence-electron chi connectivity index (χ2n) is 19.6. The number of aryl methyl sites for hydroxylation is 2. The molecule has 22 nitrogen and oxygen atoms in total. The lowest BCUT2D eigenvalue weighted by Crippen LogP contribution is -2.20. The number of ether oxygens (including phenoxy) is 6. The first kappa shape index (κ1) is 58.0. The first-order valence-electron chi connectivity index (χ1n) is 26.4. The van der Waals surface area contributed by atoms with Gasteiger partial charge in [0.15, 0.2) is 5.82 Å². The number of nitrogens with two attached hydrogens (primary N) is 2. The molecule has 0 radical (unpaired) electrons. The quantitative estimate of drug-likeness (QED) is 0.0759. The Morgan fingerprint density at radius 1 is 0.651 bits per heavy atom. The molecule has 0 saturated carbocycles. The lowest BCUT2D eigenvalue weighted by Gasteiger charge is -2.20. The van der Waals surface area contributed by atoms with Gasteiger partial charge in [-0.1, -0.05) is 11.7 Å². The largest absolute Gasteiger partial charge is 0.489 e. The van der Waals surface area contributed by atoms with Gasteiger partial charge < -0.3 is 49.8 Å². The lowest BCUT2D eigenvalue weighted by atomic mass is 9.96. The predicted molar refractivity (Wildman–Crippen MR) is 302 cm³/mol. The molecule has 2 fully saturated rings. The fourth-order valence-corrected chi connectivity index (χ4v) is 8.96. The number of benzene rings is 4. The molecule has 5 N–H and O–H groups in total. The Bertz CT molecular complexity index is 3680. The van der Waals surface area contributed by atoms with E-state index in [0.29, 0.717) is 89.5 Å². The molecule has 0 amide bonds. The third-order valence-electron chi connectivity index (χ3n) is 13.0. The first-order valence-corrected chi connectivity index (χ1v) is 26.4. The van der Waals surface area contributed by atoms with E-state index in [9.17, 15) is 13.6 Å². The van der Waals surface area contributed by atoms with Gasteiger partial charge in [-0.05, 0) is 102 Å². The topological polar surface area (TPSA) is 265 Å². The van der Waals surface area contributed by atoms with Crippen molar-refractivity contribution in [2.45, 2.75) is 64.6 Å². The van der Waals surface area contributed by atoms with Crippen LogP contribution in [0, 0.1) is 32.1 Å². The Morgan fingerprint density at radius 3 is 1.54 bits per heavy atom. The summed E-state index contributed by atoms with van der Waals surface area (Å²) in [7, 11) is 3.43. The summed E-state index contributed by atoms with van der Waals surface area (Å²) in [5.74, 6) is 2.89. The lowest BCUT2D eigenvalue weighted by molar-refractivity contribution is -0.137. The van der Waals surface area contributed by atoms with Gasteiger partial charge >= 0.3 is 5.97 Å². The average molecular weight is 1130 g/mol. The van der Waals surface area contributed by atoms with Crippen molar-refractivity contribution in [1.82, 2.24) is 54.4 Å². The molecule has 2 aliphatic rings. The van der Waals surface area contributed by atoms with Gasteiger partial charge in [0.05, 0.1) is 29.3 Å². The number of halogens is 2. The van der Waals surface area contributed by atoms with Crippen LogP contribution >= 0.6 is 0 Å². The molecule has 7 heterocycles. The summed E-state index contributed by atoms with van der Waals surface area (Å²) >= 11 is 0. The van der Waals surface area contributed by atoms with Gasteiger partial charge in [0.2, 0.25) is 0 Å². The molecule has 2 aliphatic heterocycles. The molecule has 428 valence electrons. The number of carbonyl (C=O) groups is 1. The van der Waals surface area contributed by atoms with Crippen molar-refractivity contribution in [3.8, 4) is 45.9 Å². The minimum Gasteiger partial charge on any atom is -0.489 e. The standard InChI is InChI=1S/C28H26FN7O3.C27H25FN6O3.C4H9NO2/c1-17-31-13-18(14-32-17)15-38-23-10-20(29)11-24(12-23)39-22-4-2-21(3-5-22)36-27-26(33-16-34-28(27)30)25(35-36)19-6-8-37-9-7-19;1-17-31-14-18(15-32-17)16-36-23-11-20(28)12-24(13-23)37-22-5-3-21(4-6-22)34-27(30-2)25(29)26(33-34)19-7-9-35-10-8-19;1-5(2)3-4(6)7/h2-5,10-14,16,19H,6-9,15H2,1H3,(H2,30,33,34);3-6,11-15,19H,7-10,16,29H2,1H3;3H2,1-2H3,(H,6,7). The van der Waals surface area contributed by atoms with Crippen LogP contribution in [0.25, 0.3) is 27.3 Å². The van der Waals surface area contributed by atoms with Gasteiger partial charge in [0, 0.05) is 111 Å². The molecule has 0 unspecified atom stereocenters.